The quantitative estimate of drug-likeness (QED) is 0.886. The van der Waals surface area contributed by atoms with Crippen LogP contribution in [-0.2, 0) is 9.53 Å². The van der Waals surface area contributed by atoms with Crippen molar-refractivity contribution in [2.75, 3.05) is 11.9 Å². The number of benzene rings is 1. The number of halogens is 2. The molecule has 0 aliphatic heterocycles. The van der Waals surface area contributed by atoms with E-state index >= 15 is 0 Å². The second-order valence-corrected chi connectivity index (χ2v) is 3.92. The van der Waals surface area contributed by atoms with Gasteiger partial charge in [0.2, 0.25) is 5.91 Å². The molecule has 1 aromatic carbocycles. The highest BCUT2D eigenvalue weighted by Gasteiger charge is 2.09. The van der Waals surface area contributed by atoms with Crippen LogP contribution in [0.25, 0.3) is 0 Å². The van der Waals surface area contributed by atoms with Crippen molar-refractivity contribution in [2.24, 2.45) is 0 Å². The second-order valence-electron chi connectivity index (χ2n) is 3.51. The molecular weight excluding hydrogens is 233 g/mol. The third kappa shape index (κ3) is 3.79. The summed E-state index contributed by atoms with van der Waals surface area (Å²) in [6, 6.07) is 4.41. The third-order valence-corrected chi connectivity index (χ3v) is 2.07. The summed E-state index contributed by atoms with van der Waals surface area (Å²) in [4.78, 5) is 11.3. The van der Waals surface area contributed by atoms with Crippen LogP contribution in [0, 0.1) is 5.82 Å². The maximum atomic E-state index is 13.4. The van der Waals surface area contributed by atoms with Crippen molar-refractivity contribution in [2.45, 2.75) is 20.0 Å². The number of carbonyl (C=O) groups is 1. The Morgan fingerprint density at radius 2 is 2.25 bits per heavy atom. The summed E-state index contributed by atoms with van der Waals surface area (Å²) in [6.07, 6.45) is -0.0463. The molecule has 88 valence electrons. The summed E-state index contributed by atoms with van der Waals surface area (Å²) in [6.45, 7) is 3.52. The van der Waals surface area contributed by atoms with Crippen molar-refractivity contribution >= 4 is 23.2 Å². The van der Waals surface area contributed by atoms with Crippen LogP contribution in [0.4, 0.5) is 10.1 Å². The Labute approximate surface area is 98.5 Å². The number of carbonyl (C=O) groups excluding carboxylic acids is 1. The maximum Gasteiger partial charge on any atom is 0.250 e. The number of anilines is 1. The van der Waals surface area contributed by atoms with Crippen molar-refractivity contribution in [3.05, 3.63) is 29.0 Å². The second kappa shape index (κ2) is 5.82. The van der Waals surface area contributed by atoms with E-state index in [0.29, 0.717) is 0 Å². The normalized spacial score (nSPS) is 10.6. The molecule has 1 rings (SSSR count). The van der Waals surface area contributed by atoms with Gasteiger partial charge in [-0.3, -0.25) is 4.79 Å². The van der Waals surface area contributed by atoms with E-state index in [2.05, 4.69) is 5.32 Å². The zero-order valence-electron chi connectivity index (χ0n) is 9.09. The fourth-order valence-corrected chi connectivity index (χ4v) is 1.20. The Hall–Kier alpha value is -1.13. The maximum absolute atomic E-state index is 13.4. The number of nitrogens with one attached hydrogen (secondary N) is 1. The highest BCUT2D eigenvalue weighted by atomic mass is 35.5. The lowest BCUT2D eigenvalue weighted by Gasteiger charge is -2.09. The molecule has 1 N–H and O–H groups in total. The Morgan fingerprint density at radius 1 is 1.56 bits per heavy atom. The highest BCUT2D eigenvalue weighted by molar-refractivity contribution is 6.31. The molecule has 0 fully saturated rings. The van der Waals surface area contributed by atoms with Crippen molar-refractivity contribution < 1.29 is 13.9 Å². The average molecular weight is 246 g/mol. The van der Waals surface area contributed by atoms with Gasteiger partial charge >= 0.3 is 0 Å². The van der Waals surface area contributed by atoms with E-state index in [1.54, 1.807) is 6.07 Å². The first-order chi connectivity index (χ1) is 7.50. The lowest BCUT2D eigenvalue weighted by molar-refractivity contribution is -0.121. The fourth-order valence-electron chi connectivity index (χ4n) is 1.03. The van der Waals surface area contributed by atoms with Crippen LogP contribution in [0.15, 0.2) is 18.2 Å². The van der Waals surface area contributed by atoms with Crippen molar-refractivity contribution in [1.82, 2.24) is 0 Å². The van der Waals surface area contributed by atoms with Gasteiger partial charge in [-0.05, 0) is 26.0 Å². The standard InChI is InChI=1S/C11H13ClFNO2/c1-7(2)16-6-10(15)14-9-5-3-4-8(12)11(9)13/h3-5,7H,6H2,1-2H3,(H,14,15). The molecule has 5 heteroatoms. The molecule has 0 spiro atoms. The van der Waals surface area contributed by atoms with Crippen LogP contribution in [-0.4, -0.2) is 18.6 Å². The minimum atomic E-state index is -0.637. The molecule has 0 bridgehead atoms. The first kappa shape index (κ1) is 12.9. The predicted octanol–water partition coefficient (Wildman–Crippen LogP) is 2.84. The minimum Gasteiger partial charge on any atom is -0.369 e. The number of amides is 1. The first-order valence-corrected chi connectivity index (χ1v) is 5.24. The summed E-state index contributed by atoms with van der Waals surface area (Å²) < 4.78 is 18.5. The van der Waals surface area contributed by atoms with Crippen LogP contribution in [0.2, 0.25) is 5.02 Å². The summed E-state index contributed by atoms with van der Waals surface area (Å²) in [7, 11) is 0. The van der Waals surface area contributed by atoms with Gasteiger partial charge in [-0.25, -0.2) is 4.39 Å². The summed E-state index contributed by atoms with van der Waals surface area (Å²) in [5, 5.41) is 2.36. The molecule has 0 unspecified atom stereocenters. The lowest BCUT2D eigenvalue weighted by Crippen LogP contribution is -2.21. The fraction of sp³-hybridized carbons (Fsp3) is 0.364. The van der Waals surface area contributed by atoms with E-state index < -0.39 is 11.7 Å². The van der Waals surface area contributed by atoms with Gasteiger partial charge in [0.05, 0.1) is 16.8 Å². The molecule has 0 aliphatic carbocycles. The molecule has 0 radical (unpaired) electrons. The van der Waals surface area contributed by atoms with Crippen LogP contribution in [0.3, 0.4) is 0 Å². The van der Waals surface area contributed by atoms with Crippen LogP contribution in [0.5, 0.6) is 0 Å². The predicted molar refractivity (Wildman–Crippen MR) is 61.1 cm³/mol. The molecule has 1 aromatic rings. The van der Waals surface area contributed by atoms with Gasteiger partial charge in [0.15, 0.2) is 5.82 Å². The van der Waals surface area contributed by atoms with Gasteiger partial charge in [0.25, 0.3) is 0 Å². The molecule has 0 saturated heterocycles. The number of hydrogen-bond acceptors (Lipinski definition) is 2. The number of rotatable bonds is 4. The highest BCUT2D eigenvalue weighted by Crippen LogP contribution is 2.21. The molecule has 0 saturated carbocycles. The molecule has 0 heterocycles. The van der Waals surface area contributed by atoms with Gasteiger partial charge in [0, 0.05) is 0 Å². The molecule has 16 heavy (non-hydrogen) atoms. The van der Waals surface area contributed by atoms with Gasteiger partial charge in [-0.2, -0.15) is 0 Å². The van der Waals surface area contributed by atoms with Gasteiger partial charge in [-0.1, -0.05) is 17.7 Å². The minimum absolute atomic E-state index is 0.0254. The van der Waals surface area contributed by atoms with E-state index in [4.69, 9.17) is 16.3 Å². The van der Waals surface area contributed by atoms with E-state index in [0.717, 1.165) is 0 Å². The SMILES string of the molecule is CC(C)OCC(=O)Nc1cccc(Cl)c1F. The summed E-state index contributed by atoms with van der Waals surface area (Å²) in [5.74, 6) is -1.04. The molecule has 0 aliphatic rings. The Kier molecular flexibility index (Phi) is 4.71. The van der Waals surface area contributed by atoms with Gasteiger partial charge in [-0.15, -0.1) is 0 Å². The van der Waals surface area contributed by atoms with Crippen molar-refractivity contribution in [1.29, 1.82) is 0 Å². The third-order valence-electron chi connectivity index (χ3n) is 1.77. The largest absolute Gasteiger partial charge is 0.369 e. The molecule has 1 amide bonds. The number of hydrogen-bond donors (Lipinski definition) is 1. The van der Waals surface area contributed by atoms with Crippen LogP contribution >= 0.6 is 11.6 Å². The van der Waals surface area contributed by atoms with E-state index in [1.165, 1.54) is 12.1 Å². The molecule has 3 nitrogen and oxygen atoms in total. The van der Waals surface area contributed by atoms with Gasteiger partial charge in [0.1, 0.15) is 6.61 Å². The Bertz CT molecular complexity index is 382. The molecular formula is C11H13ClFNO2. The van der Waals surface area contributed by atoms with Crippen molar-refractivity contribution in [3.8, 4) is 0 Å². The molecule has 0 atom stereocenters. The smallest absolute Gasteiger partial charge is 0.250 e. The van der Waals surface area contributed by atoms with E-state index in [9.17, 15) is 9.18 Å². The zero-order valence-corrected chi connectivity index (χ0v) is 9.84. The van der Waals surface area contributed by atoms with Gasteiger partial charge < -0.3 is 10.1 Å². The van der Waals surface area contributed by atoms with Crippen LogP contribution in [0.1, 0.15) is 13.8 Å². The number of ether oxygens (including phenoxy) is 1. The Morgan fingerprint density at radius 3 is 2.88 bits per heavy atom. The molecule has 0 aromatic heterocycles. The zero-order chi connectivity index (χ0) is 12.1. The lowest BCUT2D eigenvalue weighted by atomic mass is 10.3. The first-order valence-electron chi connectivity index (χ1n) is 4.86. The summed E-state index contributed by atoms with van der Waals surface area (Å²) in [5.41, 5.74) is 0.0601. The monoisotopic (exact) mass is 245 g/mol. The van der Waals surface area contributed by atoms with Crippen molar-refractivity contribution in [3.63, 3.8) is 0 Å². The van der Waals surface area contributed by atoms with E-state index in [-0.39, 0.29) is 23.4 Å². The summed E-state index contributed by atoms with van der Waals surface area (Å²) >= 11 is 5.57. The van der Waals surface area contributed by atoms with E-state index in [1.807, 2.05) is 13.8 Å². The Balaban J connectivity index is 2.59. The average Bonchev–Trinajstić information content (AvgIpc) is 2.22. The topological polar surface area (TPSA) is 38.3 Å². The van der Waals surface area contributed by atoms with Crippen LogP contribution < -0.4 is 5.32 Å².